The normalized spacial score (nSPS) is 18.9. The first kappa shape index (κ1) is 19.1. The van der Waals surface area contributed by atoms with Crippen molar-refractivity contribution in [3.05, 3.63) is 34.9 Å². The lowest BCUT2D eigenvalue weighted by molar-refractivity contribution is -0.187. The van der Waals surface area contributed by atoms with Gasteiger partial charge in [0.25, 0.3) is 0 Å². The zero-order valence-corrected chi connectivity index (χ0v) is 15.8. The van der Waals surface area contributed by atoms with Crippen molar-refractivity contribution in [3.63, 3.8) is 0 Å². The van der Waals surface area contributed by atoms with Crippen molar-refractivity contribution in [2.24, 2.45) is 0 Å². The first-order chi connectivity index (χ1) is 12.5. The van der Waals surface area contributed by atoms with E-state index in [2.05, 4.69) is 0 Å². The van der Waals surface area contributed by atoms with Crippen LogP contribution in [0.3, 0.4) is 0 Å². The number of carbonyl (C=O) groups excluding carboxylic acids is 2. The van der Waals surface area contributed by atoms with Gasteiger partial charge >= 0.3 is 0 Å². The minimum atomic E-state index is -0.494. The van der Waals surface area contributed by atoms with Crippen LogP contribution in [0, 0.1) is 0 Å². The molecule has 2 heterocycles. The lowest BCUT2D eigenvalue weighted by Gasteiger charge is -2.38. The summed E-state index contributed by atoms with van der Waals surface area (Å²) in [4.78, 5) is 27.9. The van der Waals surface area contributed by atoms with Crippen molar-refractivity contribution in [3.8, 4) is 0 Å². The summed E-state index contributed by atoms with van der Waals surface area (Å²) in [5.74, 6) is -0.613. The van der Waals surface area contributed by atoms with Gasteiger partial charge < -0.3 is 19.3 Å². The van der Waals surface area contributed by atoms with Crippen LogP contribution in [0.4, 0.5) is 0 Å². The molecule has 1 aromatic carbocycles. The number of carbonyl (C=O) groups is 2. The summed E-state index contributed by atoms with van der Waals surface area (Å²) in [6.07, 6.45) is 2.06. The molecule has 6 nitrogen and oxygen atoms in total. The molecule has 0 bridgehead atoms. The maximum absolute atomic E-state index is 12.6. The highest BCUT2D eigenvalue weighted by molar-refractivity contribution is 6.30. The minimum absolute atomic E-state index is 0.0239. The zero-order chi connectivity index (χ0) is 18.6. The maximum atomic E-state index is 12.6. The molecule has 26 heavy (non-hydrogen) atoms. The summed E-state index contributed by atoms with van der Waals surface area (Å²) in [6.45, 7) is 4.56. The van der Waals surface area contributed by atoms with E-state index in [0.29, 0.717) is 57.1 Å². The average molecular weight is 381 g/mol. The van der Waals surface area contributed by atoms with Crippen molar-refractivity contribution in [2.45, 2.75) is 32.0 Å². The van der Waals surface area contributed by atoms with Crippen LogP contribution in [-0.4, -0.2) is 66.8 Å². The fourth-order valence-electron chi connectivity index (χ4n) is 3.41. The molecule has 2 saturated heterocycles. The van der Waals surface area contributed by atoms with Crippen LogP contribution in [0.2, 0.25) is 5.02 Å². The Bertz CT molecular complexity index is 633. The van der Waals surface area contributed by atoms with Gasteiger partial charge in [0.2, 0.25) is 11.8 Å². The molecule has 1 aromatic rings. The van der Waals surface area contributed by atoms with E-state index in [1.54, 1.807) is 9.80 Å². The fraction of sp³-hybridized carbons (Fsp3) is 0.579. The molecule has 3 rings (SSSR count). The lowest BCUT2D eigenvalue weighted by atomic mass is 10.0. The Morgan fingerprint density at radius 2 is 1.77 bits per heavy atom. The third kappa shape index (κ3) is 4.75. The predicted octanol–water partition coefficient (Wildman–Crippen LogP) is 2.10. The summed E-state index contributed by atoms with van der Waals surface area (Å²) in [5.41, 5.74) is 1.09. The standard InChI is InChI=1S/C19H25ClN2O4/c1-15(23)22(9-6-16-2-4-17(20)5-3-16)14-18(24)21-10-7-19(8-11-21)25-12-13-26-19/h2-5H,6-14H2,1H3. The number of benzene rings is 1. The van der Waals surface area contributed by atoms with Gasteiger partial charge in [0, 0.05) is 44.4 Å². The van der Waals surface area contributed by atoms with Gasteiger partial charge in [-0.3, -0.25) is 9.59 Å². The van der Waals surface area contributed by atoms with E-state index in [4.69, 9.17) is 21.1 Å². The number of rotatable bonds is 5. The van der Waals surface area contributed by atoms with E-state index in [9.17, 15) is 9.59 Å². The summed E-state index contributed by atoms with van der Waals surface area (Å²) in [6, 6.07) is 7.54. The number of hydrogen-bond donors (Lipinski definition) is 0. The van der Waals surface area contributed by atoms with Crippen LogP contribution < -0.4 is 0 Å². The van der Waals surface area contributed by atoms with Crippen molar-refractivity contribution >= 4 is 23.4 Å². The molecule has 0 aromatic heterocycles. The van der Waals surface area contributed by atoms with Gasteiger partial charge in [0.1, 0.15) is 0 Å². The van der Waals surface area contributed by atoms with E-state index in [1.165, 1.54) is 6.92 Å². The van der Waals surface area contributed by atoms with Gasteiger partial charge in [-0.25, -0.2) is 0 Å². The number of nitrogens with zero attached hydrogens (tertiary/aromatic N) is 2. The van der Waals surface area contributed by atoms with Crippen LogP contribution in [0.15, 0.2) is 24.3 Å². The molecule has 0 saturated carbocycles. The molecule has 0 radical (unpaired) electrons. The summed E-state index contributed by atoms with van der Waals surface area (Å²) >= 11 is 5.89. The minimum Gasteiger partial charge on any atom is -0.347 e. The highest BCUT2D eigenvalue weighted by Crippen LogP contribution is 2.31. The van der Waals surface area contributed by atoms with Crippen molar-refractivity contribution in [1.82, 2.24) is 9.80 Å². The largest absolute Gasteiger partial charge is 0.347 e. The first-order valence-electron chi connectivity index (χ1n) is 9.03. The number of amides is 2. The molecule has 2 aliphatic rings. The molecule has 2 aliphatic heterocycles. The average Bonchev–Trinajstić information content (AvgIpc) is 3.08. The van der Waals surface area contributed by atoms with Gasteiger partial charge in [0.05, 0.1) is 19.8 Å². The molecule has 0 N–H and O–H groups in total. The predicted molar refractivity (Wildman–Crippen MR) is 97.9 cm³/mol. The van der Waals surface area contributed by atoms with Crippen molar-refractivity contribution < 1.29 is 19.1 Å². The van der Waals surface area contributed by atoms with E-state index in [0.717, 1.165) is 5.56 Å². The fourth-order valence-corrected chi connectivity index (χ4v) is 3.53. The molecular weight excluding hydrogens is 356 g/mol. The Hall–Kier alpha value is -1.63. The number of piperidine rings is 1. The Labute approximate surface area is 159 Å². The van der Waals surface area contributed by atoms with E-state index in [-0.39, 0.29) is 18.4 Å². The maximum Gasteiger partial charge on any atom is 0.242 e. The summed E-state index contributed by atoms with van der Waals surface area (Å²) < 4.78 is 11.4. The molecule has 0 unspecified atom stereocenters. The SMILES string of the molecule is CC(=O)N(CCc1ccc(Cl)cc1)CC(=O)N1CCC2(CC1)OCCO2. The summed E-state index contributed by atoms with van der Waals surface area (Å²) in [7, 11) is 0. The first-order valence-corrected chi connectivity index (χ1v) is 9.41. The second kappa shape index (κ2) is 8.37. The lowest BCUT2D eigenvalue weighted by Crippen LogP contribution is -2.50. The second-order valence-corrected chi connectivity index (χ2v) is 7.24. The van der Waals surface area contributed by atoms with Gasteiger partial charge in [-0.1, -0.05) is 23.7 Å². The number of ether oxygens (including phenoxy) is 2. The van der Waals surface area contributed by atoms with Gasteiger partial charge in [-0.05, 0) is 24.1 Å². The molecule has 2 fully saturated rings. The highest BCUT2D eigenvalue weighted by atomic mass is 35.5. The smallest absolute Gasteiger partial charge is 0.242 e. The topological polar surface area (TPSA) is 59.1 Å². The molecule has 2 amide bonds. The monoisotopic (exact) mass is 380 g/mol. The number of hydrogen-bond acceptors (Lipinski definition) is 4. The summed E-state index contributed by atoms with van der Waals surface area (Å²) in [5, 5.41) is 0.686. The van der Waals surface area contributed by atoms with Crippen LogP contribution in [-0.2, 0) is 25.5 Å². The van der Waals surface area contributed by atoms with Crippen LogP contribution >= 0.6 is 11.6 Å². The Kier molecular flexibility index (Phi) is 6.16. The third-order valence-electron chi connectivity index (χ3n) is 5.05. The quantitative estimate of drug-likeness (QED) is 0.784. The molecule has 7 heteroatoms. The number of likely N-dealkylation sites (tertiary alicyclic amines) is 1. The molecule has 1 spiro atoms. The molecule has 0 aliphatic carbocycles. The van der Waals surface area contributed by atoms with Crippen molar-refractivity contribution in [2.75, 3.05) is 39.4 Å². The highest BCUT2D eigenvalue weighted by Gasteiger charge is 2.40. The molecule has 142 valence electrons. The van der Waals surface area contributed by atoms with Gasteiger partial charge in [0.15, 0.2) is 5.79 Å². The van der Waals surface area contributed by atoms with Crippen molar-refractivity contribution in [1.29, 1.82) is 0 Å². The van der Waals surface area contributed by atoms with Crippen LogP contribution in [0.25, 0.3) is 0 Å². The Morgan fingerprint density at radius 3 is 2.35 bits per heavy atom. The molecule has 0 atom stereocenters. The van der Waals surface area contributed by atoms with E-state index >= 15 is 0 Å². The third-order valence-corrected chi connectivity index (χ3v) is 5.30. The molecular formula is C19H25ClN2O4. The van der Waals surface area contributed by atoms with E-state index in [1.807, 2.05) is 24.3 Å². The number of halogens is 1. The Balaban J connectivity index is 1.50. The van der Waals surface area contributed by atoms with Gasteiger partial charge in [-0.15, -0.1) is 0 Å². The zero-order valence-electron chi connectivity index (χ0n) is 15.1. The van der Waals surface area contributed by atoms with Crippen LogP contribution in [0.1, 0.15) is 25.3 Å². The second-order valence-electron chi connectivity index (χ2n) is 6.81. The van der Waals surface area contributed by atoms with Crippen LogP contribution in [0.5, 0.6) is 0 Å². The Morgan fingerprint density at radius 1 is 1.15 bits per heavy atom. The van der Waals surface area contributed by atoms with Gasteiger partial charge in [-0.2, -0.15) is 0 Å². The van der Waals surface area contributed by atoms with E-state index < -0.39 is 5.79 Å².